The average molecular weight is 239 g/mol. The maximum atomic E-state index is 7.30. The Labute approximate surface area is 99.4 Å². The highest BCUT2D eigenvalue weighted by Crippen LogP contribution is 2.13. The molecule has 0 bridgehead atoms. The van der Waals surface area contributed by atoms with Crippen molar-refractivity contribution in [1.82, 2.24) is 14.8 Å². The van der Waals surface area contributed by atoms with E-state index in [4.69, 9.17) is 11.1 Å². The minimum Gasteiger partial charge on any atom is -0.382 e. The maximum Gasteiger partial charge on any atom is 0.142 e. The highest BCUT2D eigenvalue weighted by molar-refractivity contribution is 7.09. The average Bonchev–Trinajstić information content (AvgIpc) is 2.70. The summed E-state index contributed by atoms with van der Waals surface area (Å²) in [5.41, 5.74) is 5.99. The summed E-state index contributed by atoms with van der Waals surface area (Å²) in [4.78, 5) is 9.06. The van der Waals surface area contributed by atoms with Crippen LogP contribution < -0.4 is 5.73 Å². The standard InChI is InChI=1S/C10H17N5S/c1-14-2-4-15(5-3-14)6-9-13-8(7-16-9)10(11)12/h7H,2-6H2,1H3,(H3,11,12). The minimum absolute atomic E-state index is 0.0564. The fourth-order valence-corrected chi connectivity index (χ4v) is 2.54. The van der Waals surface area contributed by atoms with Crippen LogP contribution in [0.4, 0.5) is 0 Å². The van der Waals surface area contributed by atoms with Crippen LogP contribution in [0.2, 0.25) is 0 Å². The minimum atomic E-state index is 0.0564. The van der Waals surface area contributed by atoms with E-state index in [0.717, 1.165) is 37.7 Å². The van der Waals surface area contributed by atoms with E-state index in [9.17, 15) is 0 Å². The summed E-state index contributed by atoms with van der Waals surface area (Å²) >= 11 is 1.59. The predicted octanol–water partition coefficient (Wildman–Crippen LogP) is 0.175. The third kappa shape index (κ3) is 2.78. The van der Waals surface area contributed by atoms with Crippen molar-refractivity contribution in [1.29, 1.82) is 5.41 Å². The van der Waals surface area contributed by atoms with Crippen LogP contribution in [0, 0.1) is 5.41 Å². The molecule has 1 aromatic rings. The number of nitrogens with one attached hydrogen (secondary N) is 1. The number of aromatic nitrogens is 1. The molecule has 0 spiro atoms. The van der Waals surface area contributed by atoms with Gasteiger partial charge in [-0.2, -0.15) is 0 Å². The molecule has 1 aliphatic rings. The Morgan fingerprint density at radius 1 is 1.50 bits per heavy atom. The molecule has 2 rings (SSSR count). The zero-order valence-corrected chi connectivity index (χ0v) is 10.3. The second kappa shape index (κ2) is 4.90. The lowest BCUT2D eigenvalue weighted by molar-refractivity contribution is 0.148. The molecule has 0 aliphatic carbocycles. The quantitative estimate of drug-likeness (QED) is 0.583. The molecule has 0 saturated carbocycles. The van der Waals surface area contributed by atoms with Gasteiger partial charge < -0.3 is 10.6 Å². The van der Waals surface area contributed by atoms with Gasteiger partial charge in [0.25, 0.3) is 0 Å². The summed E-state index contributed by atoms with van der Waals surface area (Å²) < 4.78 is 0. The fourth-order valence-electron chi connectivity index (χ4n) is 1.70. The van der Waals surface area contributed by atoms with Crippen LogP contribution >= 0.6 is 11.3 Å². The van der Waals surface area contributed by atoms with Gasteiger partial charge in [-0.05, 0) is 7.05 Å². The number of nitrogens with zero attached hydrogens (tertiary/aromatic N) is 3. The van der Waals surface area contributed by atoms with Crippen molar-refractivity contribution >= 4 is 17.2 Å². The molecule has 0 amide bonds. The third-order valence-electron chi connectivity index (χ3n) is 2.78. The summed E-state index contributed by atoms with van der Waals surface area (Å²) in [7, 11) is 2.15. The van der Waals surface area contributed by atoms with Crippen LogP contribution in [0.5, 0.6) is 0 Å². The molecule has 0 atom stereocenters. The molecule has 1 saturated heterocycles. The summed E-state index contributed by atoms with van der Waals surface area (Å²) in [5, 5.41) is 10.2. The first-order chi connectivity index (χ1) is 7.65. The number of piperazine rings is 1. The van der Waals surface area contributed by atoms with Crippen LogP contribution in [-0.4, -0.2) is 53.8 Å². The van der Waals surface area contributed by atoms with Gasteiger partial charge in [0.1, 0.15) is 16.5 Å². The number of thiazole rings is 1. The van der Waals surface area contributed by atoms with Gasteiger partial charge in [0.05, 0.1) is 6.54 Å². The van der Waals surface area contributed by atoms with Gasteiger partial charge in [-0.25, -0.2) is 4.98 Å². The SMILES string of the molecule is CN1CCN(Cc2nc(C(=N)N)cs2)CC1. The molecule has 2 heterocycles. The van der Waals surface area contributed by atoms with Crippen molar-refractivity contribution in [2.75, 3.05) is 33.2 Å². The first-order valence-electron chi connectivity index (χ1n) is 5.35. The predicted molar refractivity (Wildman–Crippen MR) is 65.9 cm³/mol. The Morgan fingerprint density at radius 3 is 2.75 bits per heavy atom. The number of rotatable bonds is 3. The summed E-state index contributed by atoms with van der Waals surface area (Å²) in [6.45, 7) is 5.29. The van der Waals surface area contributed by atoms with E-state index in [1.807, 2.05) is 5.38 Å². The van der Waals surface area contributed by atoms with Gasteiger partial charge in [0.15, 0.2) is 0 Å². The maximum absolute atomic E-state index is 7.30. The van der Waals surface area contributed by atoms with Crippen LogP contribution in [-0.2, 0) is 6.54 Å². The molecule has 16 heavy (non-hydrogen) atoms. The molecule has 0 unspecified atom stereocenters. The molecular formula is C10H17N5S. The summed E-state index contributed by atoms with van der Waals surface area (Å²) in [6.07, 6.45) is 0. The smallest absolute Gasteiger partial charge is 0.142 e. The largest absolute Gasteiger partial charge is 0.382 e. The highest BCUT2D eigenvalue weighted by Gasteiger charge is 2.15. The lowest BCUT2D eigenvalue weighted by atomic mass is 10.3. The molecule has 1 aromatic heterocycles. The lowest BCUT2D eigenvalue weighted by Gasteiger charge is -2.31. The molecule has 1 aliphatic heterocycles. The molecule has 1 fully saturated rings. The molecule has 0 radical (unpaired) electrons. The fraction of sp³-hybridized carbons (Fsp3) is 0.600. The number of nitrogen functional groups attached to an aromatic ring is 1. The van der Waals surface area contributed by atoms with E-state index in [0.29, 0.717) is 5.69 Å². The second-order valence-electron chi connectivity index (χ2n) is 4.12. The number of nitrogens with two attached hydrogens (primary N) is 1. The van der Waals surface area contributed by atoms with E-state index in [2.05, 4.69) is 21.8 Å². The van der Waals surface area contributed by atoms with Crippen molar-refractivity contribution in [3.05, 3.63) is 16.1 Å². The molecule has 3 N–H and O–H groups in total. The van der Waals surface area contributed by atoms with Crippen LogP contribution in [0.1, 0.15) is 10.7 Å². The molecule has 5 nitrogen and oxygen atoms in total. The van der Waals surface area contributed by atoms with Gasteiger partial charge in [-0.3, -0.25) is 10.3 Å². The normalized spacial score (nSPS) is 18.8. The van der Waals surface area contributed by atoms with E-state index in [-0.39, 0.29) is 5.84 Å². The van der Waals surface area contributed by atoms with Crippen molar-refractivity contribution < 1.29 is 0 Å². The molecule has 6 heteroatoms. The second-order valence-corrected chi connectivity index (χ2v) is 5.06. The van der Waals surface area contributed by atoms with E-state index < -0.39 is 0 Å². The first-order valence-corrected chi connectivity index (χ1v) is 6.23. The monoisotopic (exact) mass is 239 g/mol. The Hall–Kier alpha value is -0.980. The van der Waals surface area contributed by atoms with Gasteiger partial charge >= 0.3 is 0 Å². The lowest BCUT2D eigenvalue weighted by Crippen LogP contribution is -2.43. The highest BCUT2D eigenvalue weighted by atomic mass is 32.1. The zero-order chi connectivity index (χ0) is 11.5. The van der Waals surface area contributed by atoms with Crippen LogP contribution in [0.15, 0.2) is 5.38 Å². The Kier molecular flexibility index (Phi) is 3.52. The zero-order valence-electron chi connectivity index (χ0n) is 9.44. The van der Waals surface area contributed by atoms with Crippen LogP contribution in [0.3, 0.4) is 0 Å². The van der Waals surface area contributed by atoms with E-state index >= 15 is 0 Å². The van der Waals surface area contributed by atoms with Gasteiger partial charge in [0, 0.05) is 31.6 Å². The van der Waals surface area contributed by atoms with Gasteiger partial charge in [-0.1, -0.05) is 0 Å². The van der Waals surface area contributed by atoms with Crippen LogP contribution in [0.25, 0.3) is 0 Å². The van der Waals surface area contributed by atoms with Crippen molar-refractivity contribution in [2.24, 2.45) is 5.73 Å². The number of hydrogen-bond acceptors (Lipinski definition) is 5. The Bertz CT molecular complexity index is 367. The van der Waals surface area contributed by atoms with Gasteiger partial charge in [0.2, 0.25) is 0 Å². The number of likely N-dealkylation sites (N-methyl/N-ethyl adjacent to an activating group) is 1. The topological polar surface area (TPSA) is 69.2 Å². The van der Waals surface area contributed by atoms with E-state index in [1.165, 1.54) is 0 Å². The number of amidine groups is 1. The number of hydrogen-bond donors (Lipinski definition) is 2. The molecular weight excluding hydrogens is 222 g/mol. The van der Waals surface area contributed by atoms with Gasteiger partial charge in [-0.15, -0.1) is 11.3 Å². The van der Waals surface area contributed by atoms with Crippen molar-refractivity contribution in [2.45, 2.75) is 6.54 Å². The summed E-state index contributed by atoms with van der Waals surface area (Å²) in [5.74, 6) is 0.0564. The Morgan fingerprint density at radius 2 is 2.19 bits per heavy atom. The van der Waals surface area contributed by atoms with E-state index in [1.54, 1.807) is 11.3 Å². The van der Waals surface area contributed by atoms with Crippen molar-refractivity contribution in [3.63, 3.8) is 0 Å². The summed E-state index contributed by atoms with van der Waals surface area (Å²) in [6, 6.07) is 0. The molecule has 0 aromatic carbocycles. The molecule has 88 valence electrons. The third-order valence-corrected chi connectivity index (χ3v) is 3.62. The van der Waals surface area contributed by atoms with Crippen molar-refractivity contribution in [3.8, 4) is 0 Å². The Balaban J connectivity index is 1.91. The first kappa shape index (κ1) is 11.5.